The first-order valence-corrected chi connectivity index (χ1v) is 8.30. The van der Waals surface area contributed by atoms with Gasteiger partial charge in [-0.15, -0.1) is 0 Å². The molecule has 0 aromatic carbocycles. The average Bonchev–Trinajstić information content (AvgIpc) is 2.27. The van der Waals surface area contributed by atoms with Gasteiger partial charge in [0.25, 0.3) is 0 Å². The summed E-state index contributed by atoms with van der Waals surface area (Å²) in [5.74, 6) is 0.181. The Morgan fingerprint density at radius 3 is 2.39 bits per heavy atom. The Kier molecular flexibility index (Phi) is 8.77. The summed E-state index contributed by atoms with van der Waals surface area (Å²) in [7, 11) is -3.18. The van der Waals surface area contributed by atoms with Crippen molar-refractivity contribution in [2.75, 3.05) is 32.0 Å². The van der Waals surface area contributed by atoms with Crippen LogP contribution < -0.4 is 10.0 Å². The van der Waals surface area contributed by atoms with Gasteiger partial charge in [0.15, 0.2) is 0 Å². The van der Waals surface area contributed by atoms with Gasteiger partial charge in [-0.25, -0.2) is 13.1 Å². The lowest BCUT2D eigenvalue weighted by molar-refractivity contribution is -0.00515. The summed E-state index contributed by atoms with van der Waals surface area (Å²) in [5.41, 5.74) is -0.453. The van der Waals surface area contributed by atoms with Crippen molar-refractivity contribution < 1.29 is 13.2 Å². The van der Waals surface area contributed by atoms with Crippen LogP contribution in [-0.2, 0) is 14.8 Å². The molecule has 0 bridgehead atoms. The molecule has 0 aliphatic carbocycles. The molecule has 18 heavy (non-hydrogen) atoms. The number of ether oxygens (including phenoxy) is 1. The molecular formula is C12H28N2O3S. The van der Waals surface area contributed by atoms with Crippen molar-refractivity contribution >= 4 is 10.0 Å². The van der Waals surface area contributed by atoms with Crippen molar-refractivity contribution in [3.63, 3.8) is 0 Å². The molecule has 0 atom stereocenters. The summed E-state index contributed by atoms with van der Waals surface area (Å²) in [4.78, 5) is 0. The van der Waals surface area contributed by atoms with Gasteiger partial charge in [-0.3, -0.25) is 0 Å². The quantitative estimate of drug-likeness (QED) is 0.556. The van der Waals surface area contributed by atoms with Crippen molar-refractivity contribution in [3.8, 4) is 0 Å². The molecule has 0 aliphatic heterocycles. The lowest BCUT2D eigenvalue weighted by atomic mass is 10.1. The van der Waals surface area contributed by atoms with Crippen molar-refractivity contribution in [3.05, 3.63) is 0 Å². The number of unbranched alkanes of at least 4 members (excludes halogenated alkanes) is 1. The molecule has 0 aromatic heterocycles. The van der Waals surface area contributed by atoms with Crippen LogP contribution in [0.1, 0.15) is 40.5 Å². The Hall–Kier alpha value is -0.170. The lowest BCUT2D eigenvalue weighted by Crippen LogP contribution is -2.41. The van der Waals surface area contributed by atoms with E-state index in [9.17, 15) is 8.42 Å². The summed E-state index contributed by atoms with van der Waals surface area (Å²) < 4.78 is 31.5. The molecule has 110 valence electrons. The van der Waals surface area contributed by atoms with E-state index in [2.05, 4.69) is 10.0 Å². The summed E-state index contributed by atoms with van der Waals surface area (Å²) in [5, 5.41) is 3.17. The van der Waals surface area contributed by atoms with Gasteiger partial charge < -0.3 is 10.1 Å². The standard InChI is InChI=1S/C12H28N2O3S/c1-5-13-9-7-8-10-18(15,16)14-11-12(3,4)17-6-2/h13-14H,5-11H2,1-4H3. The molecule has 0 saturated carbocycles. The second-order valence-electron chi connectivity index (χ2n) is 4.89. The van der Waals surface area contributed by atoms with Crippen LogP contribution >= 0.6 is 0 Å². The van der Waals surface area contributed by atoms with Crippen LogP contribution in [0, 0.1) is 0 Å². The van der Waals surface area contributed by atoms with E-state index in [1.807, 2.05) is 27.7 Å². The average molecular weight is 280 g/mol. The van der Waals surface area contributed by atoms with E-state index in [-0.39, 0.29) is 5.75 Å². The maximum atomic E-state index is 11.7. The molecule has 0 radical (unpaired) electrons. The maximum absolute atomic E-state index is 11.7. The molecule has 0 unspecified atom stereocenters. The van der Waals surface area contributed by atoms with E-state index in [0.29, 0.717) is 19.6 Å². The monoisotopic (exact) mass is 280 g/mol. The Morgan fingerprint density at radius 2 is 1.83 bits per heavy atom. The van der Waals surface area contributed by atoms with Crippen LogP contribution in [0.3, 0.4) is 0 Å². The van der Waals surface area contributed by atoms with Gasteiger partial charge in [-0.05, 0) is 46.7 Å². The number of rotatable bonds is 11. The minimum absolute atomic E-state index is 0.181. The summed E-state index contributed by atoms with van der Waals surface area (Å²) >= 11 is 0. The number of hydrogen-bond donors (Lipinski definition) is 2. The van der Waals surface area contributed by atoms with Crippen LogP contribution in [0.4, 0.5) is 0 Å². The molecule has 0 rings (SSSR count). The zero-order valence-corrected chi connectivity index (χ0v) is 12.9. The second kappa shape index (κ2) is 8.85. The van der Waals surface area contributed by atoms with Gasteiger partial charge in [-0.1, -0.05) is 6.92 Å². The van der Waals surface area contributed by atoms with E-state index in [0.717, 1.165) is 19.5 Å². The Labute approximate surface area is 112 Å². The van der Waals surface area contributed by atoms with Gasteiger partial charge in [0.05, 0.1) is 11.4 Å². The van der Waals surface area contributed by atoms with Crippen molar-refractivity contribution in [2.24, 2.45) is 0 Å². The molecule has 6 heteroatoms. The van der Waals surface area contributed by atoms with Gasteiger partial charge >= 0.3 is 0 Å². The van der Waals surface area contributed by atoms with E-state index in [4.69, 9.17) is 4.74 Å². The highest BCUT2D eigenvalue weighted by atomic mass is 32.2. The first-order valence-electron chi connectivity index (χ1n) is 6.65. The second-order valence-corrected chi connectivity index (χ2v) is 6.82. The fourth-order valence-corrected chi connectivity index (χ4v) is 2.81. The molecule has 5 nitrogen and oxygen atoms in total. The highest BCUT2D eigenvalue weighted by Crippen LogP contribution is 2.07. The van der Waals surface area contributed by atoms with Gasteiger partial charge in [0.2, 0.25) is 10.0 Å². The third-order valence-corrected chi connectivity index (χ3v) is 3.93. The highest BCUT2D eigenvalue weighted by Gasteiger charge is 2.20. The van der Waals surface area contributed by atoms with E-state index < -0.39 is 15.6 Å². The normalized spacial score (nSPS) is 12.9. The first-order chi connectivity index (χ1) is 8.33. The fraction of sp³-hybridized carbons (Fsp3) is 1.00. The fourth-order valence-electron chi connectivity index (χ4n) is 1.52. The molecule has 0 spiro atoms. The molecule has 2 N–H and O–H groups in total. The van der Waals surface area contributed by atoms with Crippen molar-refractivity contribution in [1.82, 2.24) is 10.0 Å². The molecule has 0 aliphatic rings. The summed E-state index contributed by atoms with van der Waals surface area (Å²) in [6.07, 6.45) is 1.56. The minimum atomic E-state index is -3.18. The third-order valence-electron chi connectivity index (χ3n) is 2.52. The molecule has 0 aromatic rings. The Bertz CT molecular complexity index is 302. The van der Waals surface area contributed by atoms with Gasteiger partial charge in [-0.2, -0.15) is 0 Å². The van der Waals surface area contributed by atoms with E-state index >= 15 is 0 Å². The van der Waals surface area contributed by atoms with Crippen molar-refractivity contribution in [1.29, 1.82) is 0 Å². The number of nitrogens with one attached hydrogen (secondary N) is 2. The van der Waals surface area contributed by atoms with E-state index in [1.165, 1.54) is 0 Å². The van der Waals surface area contributed by atoms with Crippen LogP contribution in [0.5, 0.6) is 0 Å². The number of hydrogen-bond acceptors (Lipinski definition) is 4. The van der Waals surface area contributed by atoms with Crippen LogP contribution in [0.15, 0.2) is 0 Å². The minimum Gasteiger partial charge on any atom is -0.375 e. The number of sulfonamides is 1. The van der Waals surface area contributed by atoms with E-state index in [1.54, 1.807) is 0 Å². The maximum Gasteiger partial charge on any atom is 0.211 e. The molecule has 0 saturated heterocycles. The molecule has 0 heterocycles. The first kappa shape index (κ1) is 17.8. The predicted octanol–water partition coefficient (Wildman–Crippen LogP) is 1.11. The lowest BCUT2D eigenvalue weighted by Gasteiger charge is -2.24. The smallest absolute Gasteiger partial charge is 0.211 e. The summed E-state index contributed by atoms with van der Waals surface area (Å²) in [6, 6.07) is 0. The molecular weight excluding hydrogens is 252 g/mol. The van der Waals surface area contributed by atoms with Gasteiger partial charge in [0.1, 0.15) is 0 Å². The highest BCUT2D eigenvalue weighted by molar-refractivity contribution is 7.89. The van der Waals surface area contributed by atoms with Crippen molar-refractivity contribution in [2.45, 2.75) is 46.1 Å². The molecule has 0 amide bonds. The molecule has 0 fully saturated rings. The Balaban J connectivity index is 3.87. The van der Waals surface area contributed by atoms with Crippen LogP contribution in [-0.4, -0.2) is 46.0 Å². The summed E-state index contributed by atoms with van der Waals surface area (Å²) in [6.45, 7) is 10.4. The largest absolute Gasteiger partial charge is 0.375 e. The SMILES string of the molecule is CCNCCCCS(=O)(=O)NCC(C)(C)OCC. The van der Waals surface area contributed by atoms with Gasteiger partial charge in [0, 0.05) is 13.2 Å². The zero-order valence-electron chi connectivity index (χ0n) is 12.1. The van der Waals surface area contributed by atoms with Crippen LogP contribution in [0.2, 0.25) is 0 Å². The third kappa shape index (κ3) is 9.82. The Morgan fingerprint density at radius 1 is 1.17 bits per heavy atom. The topological polar surface area (TPSA) is 67.4 Å². The van der Waals surface area contributed by atoms with Crippen LogP contribution in [0.25, 0.3) is 0 Å². The zero-order chi connectivity index (χ0) is 14.1. The predicted molar refractivity (Wildman–Crippen MR) is 75.3 cm³/mol.